The third kappa shape index (κ3) is 9.01. The molecule has 2 saturated heterocycles. The number of piperidine rings is 1. The number of ether oxygens (including phenoxy) is 1. The maximum Gasteiger partial charge on any atom is 0.287 e. The molecule has 2 aromatic carbocycles. The minimum absolute atomic E-state index is 0.192. The molecule has 0 aliphatic carbocycles. The molecule has 3 N–H and O–H groups in total. The van der Waals surface area contributed by atoms with Crippen LogP contribution in [0.5, 0.6) is 0 Å². The molecular formula is C44H50F2N8O3. The van der Waals surface area contributed by atoms with Gasteiger partial charge in [0.05, 0.1) is 6.54 Å². The summed E-state index contributed by atoms with van der Waals surface area (Å²) in [7, 11) is 0. The van der Waals surface area contributed by atoms with Gasteiger partial charge >= 0.3 is 0 Å². The molecule has 0 spiro atoms. The number of anilines is 1. The lowest BCUT2D eigenvalue weighted by Gasteiger charge is -2.34. The number of allylic oxidation sites excluding steroid dienone is 1. The first-order chi connectivity index (χ1) is 27.7. The average Bonchev–Trinajstić information content (AvgIpc) is 3.76. The van der Waals surface area contributed by atoms with Crippen LogP contribution in [0.2, 0.25) is 0 Å². The van der Waals surface area contributed by atoms with Gasteiger partial charge in [0.2, 0.25) is 5.91 Å². The number of hydrogen-bond donors (Lipinski definition) is 3. The predicted molar refractivity (Wildman–Crippen MR) is 218 cm³/mol. The Morgan fingerprint density at radius 1 is 0.912 bits per heavy atom. The number of aromatic nitrogens is 3. The number of carbonyl (C=O) groups is 2. The molecule has 3 aliphatic rings. The summed E-state index contributed by atoms with van der Waals surface area (Å²) in [4.78, 5) is 44.6. The molecule has 6 heterocycles. The second-order valence-corrected chi connectivity index (χ2v) is 15.5. The van der Waals surface area contributed by atoms with Crippen LogP contribution in [0.15, 0.2) is 85.5 Å². The van der Waals surface area contributed by atoms with Crippen molar-refractivity contribution in [1.82, 2.24) is 35.0 Å². The van der Waals surface area contributed by atoms with Gasteiger partial charge in [-0.05, 0) is 87.5 Å². The van der Waals surface area contributed by atoms with Crippen molar-refractivity contribution in [2.24, 2.45) is 0 Å². The summed E-state index contributed by atoms with van der Waals surface area (Å²) in [5, 5.41) is 7.87. The fourth-order valence-electron chi connectivity index (χ4n) is 8.26. The van der Waals surface area contributed by atoms with Crippen molar-refractivity contribution in [1.29, 1.82) is 0 Å². The number of aromatic amines is 1. The maximum absolute atomic E-state index is 14.8. The van der Waals surface area contributed by atoms with Crippen molar-refractivity contribution >= 4 is 39.3 Å². The van der Waals surface area contributed by atoms with Crippen molar-refractivity contribution in [3.63, 3.8) is 0 Å². The minimum Gasteiger partial charge on any atom is -0.379 e. The van der Waals surface area contributed by atoms with Gasteiger partial charge in [-0.25, -0.2) is 8.78 Å². The summed E-state index contributed by atoms with van der Waals surface area (Å²) < 4.78 is 35.1. The van der Waals surface area contributed by atoms with E-state index in [1.165, 1.54) is 10.3 Å². The standard InChI is InChI=1S/C44H50F2N8O3/c1-30-9-14-41(42(55)50-30)54-27-37-35(43(54)56)7-4-8-38(37)49-28-44(45,46)29-57-23-3-2-17-52-19-21-53(22-20-52)18-5-6-33-12-10-32(25-48-33)31-11-13-34-36-26-47-16-15-39(36)51-40(34)24-31/h4,7-8,10-13,15-16,24-26,41,49,51H,1-3,5-6,9,14,17-23,27-29H2,(H,50,55). The third-order valence-corrected chi connectivity index (χ3v) is 11.5. The van der Waals surface area contributed by atoms with Gasteiger partial charge < -0.3 is 35.1 Å². The van der Waals surface area contributed by atoms with Crippen LogP contribution in [0.25, 0.3) is 32.9 Å². The normalized spacial score (nSPS) is 18.1. The number of H-pyrrole nitrogens is 1. The summed E-state index contributed by atoms with van der Waals surface area (Å²) in [6.07, 6.45) is 10.4. The van der Waals surface area contributed by atoms with Crippen LogP contribution >= 0.6 is 0 Å². The first-order valence-corrected chi connectivity index (χ1v) is 20.1. The van der Waals surface area contributed by atoms with E-state index in [1.807, 2.05) is 18.5 Å². The summed E-state index contributed by atoms with van der Waals surface area (Å²) in [5.41, 5.74) is 7.71. The fourth-order valence-corrected chi connectivity index (χ4v) is 8.26. The van der Waals surface area contributed by atoms with Crippen LogP contribution in [-0.2, 0) is 22.5 Å². The smallest absolute Gasteiger partial charge is 0.287 e. The zero-order chi connectivity index (χ0) is 39.4. The topological polar surface area (TPSA) is 119 Å². The van der Waals surface area contributed by atoms with Gasteiger partial charge in [-0.2, -0.15) is 0 Å². The van der Waals surface area contributed by atoms with Crippen molar-refractivity contribution < 1.29 is 23.1 Å². The van der Waals surface area contributed by atoms with E-state index >= 15 is 0 Å². The molecule has 2 amide bonds. The number of carbonyl (C=O) groups excluding carboxylic acids is 2. The van der Waals surface area contributed by atoms with Gasteiger partial charge in [0.25, 0.3) is 11.8 Å². The highest BCUT2D eigenvalue weighted by molar-refractivity contribution is 6.07. The van der Waals surface area contributed by atoms with E-state index in [-0.39, 0.29) is 25.0 Å². The Morgan fingerprint density at radius 3 is 2.51 bits per heavy atom. The summed E-state index contributed by atoms with van der Waals surface area (Å²) in [6.45, 7) is 9.01. The van der Waals surface area contributed by atoms with Crippen LogP contribution in [-0.4, -0.2) is 112 Å². The number of halogens is 2. The van der Waals surface area contributed by atoms with Crippen molar-refractivity contribution in [3.8, 4) is 11.1 Å². The molecule has 2 fully saturated rings. The lowest BCUT2D eigenvalue weighted by molar-refractivity contribution is -0.126. The number of aryl methyl sites for hydroxylation is 1. The number of hydrogen-bond acceptors (Lipinski definition) is 8. The van der Waals surface area contributed by atoms with E-state index in [1.54, 1.807) is 24.4 Å². The monoisotopic (exact) mass is 776 g/mol. The Hall–Kier alpha value is -5.24. The van der Waals surface area contributed by atoms with Gasteiger partial charge in [-0.3, -0.25) is 19.6 Å². The number of amides is 2. The van der Waals surface area contributed by atoms with Gasteiger partial charge in [-0.15, -0.1) is 0 Å². The van der Waals surface area contributed by atoms with E-state index in [9.17, 15) is 18.4 Å². The Balaban J connectivity index is 0.689. The second kappa shape index (κ2) is 17.1. The maximum atomic E-state index is 14.8. The highest BCUT2D eigenvalue weighted by Gasteiger charge is 2.39. The molecule has 57 heavy (non-hydrogen) atoms. The summed E-state index contributed by atoms with van der Waals surface area (Å²) in [6, 6.07) is 17.2. The molecule has 1 atom stereocenters. The molecule has 1 unspecified atom stereocenters. The molecule has 298 valence electrons. The van der Waals surface area contributed by atoms with E-state index < -0.39 is 25.1 Å². The largest absolute Gasteiger partial charge is 0.379 e. The number of alkyl halides is 2. The molecular weight excluding hydrogens is 727 g/mol. The summed E-state index contributed by atoms with van der Waals surface area (Å²) >= 11 is 0. The third-order valence-electron chi connectivity index (χ3n) is 11.5. The van der Waals surface area contributed by atoms with Gasteiger partial charge in [0.15, 0.2) is 0 Å². The van der Waals surface area contributed by atoms with Gasteiger partial charge in [0.1, 0.15) is 12.6 Å². The van der Waals surface area contributed by atoms with E-state index in [2.05, 4.69) is 67.3 Å². The van der Waals surface area contributed by atoms with Crippen LogP contribution in [0.1, 0.15) is 53.7 Å². The van der Waals surface area contributed by atoms with E-state index in [0.717, 1.165) is 98.2 Å². The first-order valence-electron chi connectivity index (χ1n) is 20.1. The highest BCUT2D eigenvalue weighted by Crippen LogP contribution is 2.34. The molecule has 13 heteroatoms. The molecule has 0 saturated carbocycles. The molecule has 5 aromatic rings. The van der Waals surface area contributed by atoms with Gasteiger partial charge in [0, 0.05) is 113 Å². The quantitative estimate of drug-likeness (QED) is 0.0958. The number of rotatable bonds is 16. The molecule has 11 nitrogen and oxygen atoms in total. The number of benzene rings is 2. The SMILES string of the molecule is C=C1CCC(N2Cc3c(NCC(F)(F)COCCCCN4CCN(CCCc5ccc(-c6ccc7c(c6)[nH]c6ccncc67)cn5)CC4)cccc3C2=O)C(=O)N1. The number of pyridine rings is 2. The molecule has 0 bridgehead atoms. The van der Waals surface area contributed by atoms with Crippen molar-refractivity contribution in [2.45, 2.75) is 57.0 Å². The highest BCUT2D eigenvalue weighted by atomic mass is 19.3. The van der Waals surface area contributed by atoms with Crippen molar-refractivity contribution in [3.05, 3.63) is 102 Å². The van der Waals surface area contributed by atoms with Gasteiger partial charge in [-0.1, -0.05) is 30.8 Å². The molecule has 3 aliphatic heterocycles. The van der Waals surface area contributed by atoms with Crippen LogP contribution < -0.4 is 10.6 Å². The Bertz CT molecular complexity index is 2230. The Kier molecular flexibility index (Phi) is 11.6. The van der Waals surface area contributed by atoms with Crippen LogP contribution in [0.4, 0.5) is 14.5 Å². The van der Waals surface area contributed by atoms with E-state index in [4.69, 9.17) is 9.72 Å². The lowest BCUT2D eigenvalue weighted by Crippen LogP contribution is -2.49. The zero-order valence-electron chi connectivity index (χ0n) is 32.2. The summed E-state index contributed by atoms with van der Waals surface area (Å²) in [5.74, 6) is -3.61. The molecule has 3 aromatic heterocycles. The Morgan fingerprint density at radius 2 is 1.72 bits per heavy atom. The lowest BCUT2D eigenvalue weighted by atomic mass is 10.0. The van der Waals surface area contributed by atoms with Crippen molar-refractivity contribution in [2.75, 3.05) is 64.3 Å². The molecule has 0 radical (unpaired) electrons. The number of fused-ring (bicyclic) bond motifs is 4. The number of piperazine rings is 1. The van der Waals surface area contributed by atoms with Crippen LogP contribution in [0.3, 0.4) is 0 Å². The minimum atomic E-state index is -3.09. The number of nitrogens with zero attached hydrogens (tertiary/aromatic N) is 5. The predicted octanol–water partition coefficient (Wildman–Crippen LogP) is 6.62. The fraction of sp³-hybridized carbons (Fsp3) is 0.409. The zero-order valence-corrected chi connectivity index (χ0v) is 32.2. The first kappa shape index (κ1) is 38.6. The molecule has 8 rings (SSSR count). The Labute approximate surface area is 331 Å². The average molecular weight is 777 g/mol. The number of nitrogens with one attached hydrogen (secondary N) is 3. The second-order valence-electron chi connectivity index (χ2n) is 15.5. The van der Waals surface area contributed by atoms with Crippen LogP contribution in [0, 0.1) is 0 Å². The van der Waals surface area contributed by atoms with E-state index in [0.29, 0.717) is 35.4 Å². The number of unbranched alkanes of at least 4 members (excludes halogenated alkanes) is 1.